The summed E-state index contributed by atoms with van der Waals surface area (Å²) in [5.41, 5.74) is 2.29. The summed E-state index contributed by atoms with van der Waals surface area (Å²) >= 11 is 1.34. The summed E-state index contributed by atoms with van der Waals surface area (Å²) in [6, 6.07) is 14.5. The first-order chi connectivity index (χ1) is 14.4. The highest BCUT2D eigenvalue weighted by Crippen LogP contribution is 2.28. The minimum absolute atomic E-state index is 0.104. The zero-order chi connectivity index (χ0) is 21.6. The van der Waals surface area contributed by atoms with Gasteiger partial charge in [0, 0.05) is 22.8 Å². The number of benzene rings is 2. The molecular weight excluding hydrogens is 398 g/mol. The van der Waals surface area contributed by atoms with Gasteiger partial charge in [-0.3, -0.25) is 14.9 Å². The number of aromatic nitrogens is 1. The van der Waals surface area contributed by atoms with Crippen LogP contribution in [0.3, 0.4) is 0 Å². The molecule has 2 amide bonds. The fourth-order valence-corrected chi connectivity index (χ4v) is 3.27. The van der Waals surface area contributed by atoms with Crippen LogP contribution in [0.2, 0.25) is 0 Å². The molecule has 0 saturated heterocycles. The van der Waals surface area contributed by atoms with Crippen molar-refractivity contribution in [1.29, 1.82) is 0 Å². The number of nitrogens with one attached hydrogen (secondary N) is 2. The van der Waals surface area contributed by atoms with Gasteiger partial charge in [-0.15, -0.1) is 11.3 Å². The van der Waals surface area contributed by atoms with Gasteiger partial charge in [-0.05, 0) is 47.7 Å². The molecule has 0 saturated carbocycles. The molecule has 156 valence electrons. The van der Waals surface area contributed by atoms with Gasteiger partial charge in [0.2, 0.25) is 0 Å². The summed E-state index contributed by atoms with van der Waals surface area (Å²) < 4.78 is 5.59. The molecule has 3 aromatic rings. The van der Waals surface area contributed by atoms with Crippen molar-refractivity contribution in [2.75, 3.05) is 17.2 Å². The topological polar surface area (TPSA) is 80.3 Å². The number of hydrogen-bond donors (Lipinski definition) is 2. The summed E-state index contributed by atoms with van der Waals surface area (Å²) in [6.07, 6.45) is 2.66. The highest BCUT2D eigenvalue weighted by Gasteiger charge is 2.17. The van der Waals surface area contributed by atoms with E-state index in [1.165, 1.54) is 16.9 Å². The molecule has 0 atom stereocenters. The Hall–Kier alpha value is -3.19. The van der Waals surface area contributed by atoms with E-state index < -0.39 is 0 Å². The third-order valence-corrected chi connectivity index (χ3v) is 5.64. The van der Waals surface area contributed by atoms with Crippen LogP contribution < -0.4 is 15.4 Å². The van der Waals surface area contributed by atoms with E-state index in [9.17, 15) is 9.59 Å². The first-order valence-corrected chi connectivity index (χ1v) is 10.6. The molecule has 30 heavy (non-hydrogen) atoms. The molecule has 7 heteroatoms. The van der Waals surface area contributed by atoms with Crippen molar-refractivity contribution in [2.24, 2.45) is 0 Å². The average Bonchev–Trinajstić information content (AvgIpc) is 3.26. The van der Waals surface area contributed by atoms with Crippen LogP contribution in [-0.4, -0.2) is 23.4 Å². The first kappa shape index (κ1) is 21.5. The second kappa shape index (κ2) is 9.54. The van der Waals surface area contributed by atoms with Crippen LogP contribution in [0.5, 0.6) is 5.75 Å². The number of nitrogens with zero attached hydrogens (tertiary/aromatic N) is 1. The Morgan fingerprint density at radius 3 is 2.53 bits per heavy atom. The molecule has 3 rings (SSSR count). The maximum absolute atomic E-state index is 12.3. The molecule has 0 unspecified atom stereocenters. The van der Waals surface area contributed by atoms with E-state index in [2.05, 4.69) is 36.4 Å². The first-order valence-electron chi connectivity index (χ1n) is 9.71. The molecule has 0 aliphatic carbocycles. The Morgan fingerprint density at radius 2 is 1.87 bits per heavy atom. The van der Waals surface area contributed by atoms with E-state index >= 15 is 0 Å². The number of carbonyl (C=O) groups is 2. The number of anilines is 2. The maximum atomic E-state index is 12.3. The van der Waals surface area contributed by atoms with Gasteiger partial charge in [0.15, 0.2) is 11.7 Å². The molecule has 0 spiro atoms. The summed E-state index contributed by atoms with van der Waals surface area (Å²) in [5.74, 6) is 0.0511. The van der Waals surface area contributed by atoms with Crippen LogP contribution in [0.25, 0.3) is 0 Å². The summed E-state index contributed by atoms with van der Waals surface area (Å²) in [6.45, 7) is 6.43. The van der Waals surface area contributed by atoms with Crippen LogP contribution in [0, 0.1) is 0 Å². The Balaban J connectivity index is 1.54. The Labute approximate surface area is 180 Å². The van der Waals surface area contributed by atoms with Gasteiger partial charge in [-0.1, -0.05) is 39.0 Å². The smallest absolute Gasteiger partial charge is 0.262 e. The summed E-state index contributed by atoms with van der Waals surface area (Å²) in [7, 11) is 0. The van der Waals surface area contributed by atoms with E-state index in [-0.39, 0.29) is 23.8 Å². The summed E-state index contributed by atoms with van der Waals surface area (Å²) in [5, 5.41) is 7.78. The Morgan fingerprint density at radius 1 is 1.10 bits per heavy atom. The maximum Gasteiger partial charge on any atom is 0.262 e. The normalized spacial score (nSPS) is 11.0. The van der Waals surface area contributed by atoms with E-state index in [0.717, 1.165) is 6.42 Å². The lowest BCUT2D eigenvalue weighted by Crippen LogP contribution is -2.21. The number of rotatable bonds is 8. The van der Waals surface area contributed by atoms with Crippen molar-refractivity contribution in [3.8, 4) is 5.75 Å². The molecule has 0 aliphatic heterocycles. The molecule has 2 aromatic carbocycles. The van der Waals surface area contributed by atoms with Gasteiger partial charge < -0.3 is 10.1 Å². The van der Waals surface area contributed by atoms with E-state index in [0.29, 0.717) is 22.1 Å². The van der Waals surface area contributed by atoms with Gasteiger partial charge in [0.25, 0.3) is 11.8 Å². The van der Waals surface area contributed by atoms with Crippen molar-refractivity contribution < 1.29 is 14.3 Å². The number of hydrogen-bond acceptors (Lipinski definition) is 5. The number of carbonyl (C=O) groups excluding carboxylic acids is 2. The lowest BCUT2D eigenvalue weighted by atomic mass is 9.82. The quantitative estimate of drug-likeness (QED) is 0.528. The van der Waals surface area contributed by atoms with Crippen molar-refractivity contribution in [3.05, 3.63) is 71.2 Å². The largest absolute Gasteiger partial charge is 0.484 e. The minimum Gasteiger partial charge on any atom is -0.484 e. The number of thiazole rings is 1. The van der Waals surface area contributed by atoms with Gasteiger partial charge >= 0.3 is 0 Å². The lowest BCUT2D eigenvalue weighted by molar-refractivity contribution is -0.118. The molecule has 1 aromatic heterocycles. The fourth-order valence-electron chi connectivity index (χ4n) is 2.75. The SMILES string of the molecule is CCC(C)(C)c1ccc(OCC(=O)Nc2cccc(C(=O)Nc3nccs3)c2)cc1. The molecular formula is C23H25N3O3S. The minimum atomic E-state index is -0.301. The fraction of sp³-hybridized carbons (Fsp3) is 0.261. The van der Waals surface area contributed by atoms with Crippen molar-refractivity contribution in [1.82, 2.24) is 4.98 Å². The molecule has 6 nitrogen and oxygen atoms in total. The number of amides is 2. The van der Waals surface area contributed by atoms with Crippen LogP contribution in [0.4, 0.5) is 10.8 Å². The summed E-state index contributed by atoms with van der Waals surface area (Å²) in [4.78, 5) is 28.6. The predicted molar refractivity (Wildman–Crippen MR) is 120 cm³/mol. The molecule has 0 bridgehead atoms. The Bertz CT molecular complexity index is 999. The average molecular weight is 424 g/mol. The zero-order valence-corrected chi connectivity index (χ0v) is 18.1. The van der Waals surface area contributed by atoms with Crippen LogP contribution in [-0.2, 0) is 10.2 Å². The van der Waals surface area contributed by atoms with Gasteiger partial charge in [-0.2, -0.15) is 0 Å². The molecule has 1 heterocycles. The zero-order valence-electron chi connectivity index (χ0n) is 17.3. The standard InChI is InChI=1S/C23H25N3O3S/c1-4-23(2,3)17-8-10-19(11-9-17)29-15-20(27)25-18-7-5-6-16(14-18)21(28)26-22-24-12-13-30-22/h5-14H,4,15H2,1-3H3,(H,25,27)(H,24,26,28). The van der Waals surface area contributed by atoms with E-state index in [4.69, 9.17) is 4.74 Å². The van der Waals surface area contributed by atoms with Crippen LogP contribution >= 0.6 is 11.3 Å². The Kier molecular flexibility index (Phi) is 6.84. The van der Waals surface area contributed by atoms with Crippen LogP contribution in [0.15, 0.2) is 60.1 Å². The van der Waals surface area contributed by atoms with Gasteiger partial charge in [0.05, 0.1) is 0 Å². The predicted octanol–water partition coefficient (Wildman–Crippen LogP) is 5.10. The molecule has 0 fully saturated rings. The van der Waals surface area contributed by atoms with Gasteiger partial charge in [-0.25, -0.2) is 4.98 Å². The third kappa shape index (κ3) is 5.67. The number of ether oxygens (including phenoxy) is 1. The van der Waals surface area contributed by atoms with Crippen molar-refractivity contribution in [3.63, 3.8) is 0 Å². The van der Waals surface area contributed by atoms with Crippen molar-refractivity contribution in [2.45, 2.75) is 32.6 Å². The monoisotopic (exact) mass is 423 g/mol. The second-order valence-electron chi connectivity index (χ2n) is 7.47. The third-order valence-electron chi connectivity index (χ3n) is 4.95. The van der Waals surface area contributed by atoms with E-state index in [1.54, 1.807) is 35.8 Å². The van der Waals surface area contributed by atoms with Gasteiger partial charge in [0.1, 0.15) is 5.75 Å². The highest BCUT2D eigenvalue weighted by atomic mass is 32.1. The lowest BCUT2D eigenvalue weighted by Gasteiger charge is -2.23. The second-order valence-corrected chi connectivity index (χ2v) is 8.37. The molecule has 0 aliphatic rings. The molecule has 2 N–H and O–H groups in total. The highest BCUT2D eigenvalue weighted by molar-refractivity contribution is 7.13. The van der Waals surface area contributed by atoms with Crippen molar-refractivity contribution >= 4 is 34.0 Å². The molecule has 0 radical (unpaired) electrons. The van der Waals surface area contributed by atoms with Crippen LogP contribution in [0.1, 0.15) is 43.1 Å². The van der Waals surface area contributed by atoms with E-state index in [1.807, 2.05) is 24.3 Å².